The van der Waals surface area contributed by atoms with E-state index in [9.17, 15) is 4.79 Å². The van der Waals surface area contributed by atoms with Gasteiger partial charge in [-0.3, -0.25) is 4.79 Å². The first kappa shape index (κ1) is 13.5. The van der Waals surface area contributed by atoms with Crippen molar-refractivity contribution in [3.05, 3.63) is 57.1 Å². The van der Waals surface area contributed by atoms with E-state index in [0.29, 0.717) is 28.0 Å². The number of benzene rings is 2. The quantitative estimate of drug-likeness (QED) is 0.760. The van der Waals surface area contributed by atoms with Crippen LogP contribution in [0.25, 0.3) is 0 Å². The number of carbonyl (C=O) groups is 1. The number of ketones is 1. The third-order valence-corrected chi connectivity index (χ3v) is 3.97. The molecule has 0 bridgehead atoms. The van der Waals surface area contributed by atoms with Crippen LogP contribution in [-0.4, -0.2) is 5.78 Å². The molecule has 4 heteroatoms. The predicted molar refractivity (Wildman–Crippen MR) is 80.4 cm³/mol. The Balaban J connectivity index is 1.99. The molecule has 0 heterocycles. The van der Waals surface area contributed by atoms with E-state index < -0.39 is 0 Å². The van der Waals surface area contributed by atoms with Crippen molar-refractivity contribution in [1.29, 1.82) is 0 Å². The number of rotatable bonds is 2. The maximum absolute atomic E-state index is 11.8. The molecule has 102 valence electrons. The smallest absolute Gasteiger partial charge is 0.163 e. The number of halogens is 2. The lowest BCUT2D eigenvalue weighted by Crippen LogP contribution is -1.95. The van der Waals surface area contributed by atoms with E-state index >= 15 is 0 Å². The van der Waals surface area contributed by atoms with Gasteiger partial charge < -0.3 is 4.74 Å². The molecule has 0 unspecified atom stereocenters. The third kappa shape index (κ3) is 2.41. The summed E-state index contributed by atoms with van der Waals surface area (Å²) in [5, 5.41) is 1.01. The Hall–Kier alpha value is -1.51. The molecule has 0 spiro atoms. The van der Waals surface area contributed by atoms with Gasteiger partial charge in [0, 0.05) is 17.0 Å². The largest absolute Gasteiger partial charge is 0.456 e. The molecule has 1 aliphatic rings. The normalized spacial score (nSPS) is 13.4. The van der Waals surface area contributed by atoms with E-state index in [1.165, 1.54) is 0 Å². The maximum Gasteiger partial charge on any atom is 0.163 e. The van der Waals surface area contributed by atoms with Crippen LogP contribution < -0.4 is 4.74 Å². The zero-order valence-electron chi connectivity index (χ0n) is 10.9. The molecule has 0 radical (unpaired) electrons. The van der Waals surface area contributed by atoms with Crippen LogP contribution >= 0.6 is 23.2 Å². The molecule has 2 aromatic rings. The van der Waals surface area contributed by atoms with E-state index in [-0.39, 0.29) is 5.78 Å². The van der Waals surface area contributed by atoms with Crippen LogP contribution in [0.2, 0.25) is 10.0 Å². The van der Waals surface area contributed by atoms with Crippen molar-refractivity contribution in [1.82, 2.24) is 0 Å². The molecule has 0 saturated heterocycles. The van der Waals surface area contributed by atoms with Crippen LogP contribution in [0.5, 0.6) is 11.5 Å². The van der Waals surface area contributed by atoms with Crippen LogP contribution in [0, 0.1) is 6.92 Å². The molecule has 2 aromatic carbocycles. The third-order valence-electron chi connectivity index (χ3n) is 3.44. The Morgan fingerprint density at radius 1 is 1.05 bits per heavy atom. The fourth-order valence-corrected chi connectivity index (χ4v) is 2.83. The summed E-state index contributed by atoms with van der Waals surface area (Å²) in [4.78, 5) is 11.8. The molecule has 0 aromatic heterocycles. The molecule has 1 aliphatic carbocycles. The average molecular weight is 307 g/mol. The van der Waals surface area contributed by atoms with Gasteiger partial charge in [-0.15, -0.1) is 0 Å². The average Bonchev–Trinajstić information content (AvgIpc) is 2.74. The van der Waals surface area contributed by atoms with Crippen molar-refractivity contribution in [2.24, 2.45) is 0 Å². The summed E-state index contributed by atoms with van der Waals surface area (Å²) >= 11 is 12.0. The van der Waals surface area contributed by atoms with Gasteiger partial charge in [0.25, 0.3) is 0 Å². The summed E-state index contributed by atoms with van der Waals surface area (Å²) in [5.74, 6) is 1.36. The van der Waals surface area contributed by atoms with Crippen LogP contribution in [0.1, 0.15) is 27.9 Å². The first-order valence-electron chi connectivity index (χ1n) is 6.34. The fourth-order valence-electron chi connectivity index (χ4n) is 2.38. The molecule has 0 N–H and O–H groups in total. The highest BCUT2D eigenvalue weighted by molar-refractivity contribution is 6.35. The van der Waals surface area contributed by atoms with Crippen LogP contribution in [0.4, 0.5) is 0 Å². The minimum atomic E-state index is 0.173. The van der Waals surface area contributed by atoms with Gasteiger partial charge in [0.15, 0.2) is 5.78 Å². The number of fused-ring (bicyclic) bond motifs is 1. The zero-order chi connectivity index (χ0) is 14.3. The lowest BCUT2D eigenvalue weighted by atomic mass is 10.1. The van der Waals surface area contributed by atoms with Gasteiger partial charge >= 0.3 is 0 Å². The molecule has 2 nitrogen and oxygen atoms in total. The van der Waals surface area contributed by atoms with Crippen molar-refractivity contribution < 1.29 is 9.53 Å². The highest BCUT2D eigenvalue weighted by Gasteiger charge is 2.21. The molecular formula is C16H12Cl2O2. The van der Waals surface area contributed by atoms with Crippen LogP contribution in [0.15, 0.2) is 30.3 Å². The van der Waals surface area contributed by atoms with Crippen molar-refractivity contribution in [3.63, 3.8) is 0 Å². The highest BCUT2D eigenvalue weighted by Crippen LogP contribution is 2.35. The van der Waals surface area contributed by atoms with Gasteiger partial charge in [-0.1, -0.05) is 29.3 Å². The molecule has 3 rings (SSSR count). The van der Waals surface area contributed by atoms with Crippen molar-refractivity contribution >= 4 is 29.0 Å². The Bertz CT molecular complexity index is 708. The lowest BCUT2D eigenvalue weighted by Gasteiger charge is -2.12. The van der Waals surface area contributed by atoms with Crippen molar-refractivity contribution in [3.8, 4) is 11.5 Å². The topological polar surface area (TPSA) is 26.3 Å². The van der Waals surface area contributed by atoms with Gasteiger partial charge in [-0.2, -0.15) is 0 Å². The SMILES string of the molecule is Cc1cc2c(cc1Oc1ccc(Cl)cc1Cl)C(=O)CC2. The minimum absolute atomic E-state index is 0.173. The predicted octanol–water partition coefficient (Wildman–Crippen LogP) is 5.22. The number of hydrogen-bond donors (Lipinski definition) is 0. The van der Waals surface area contributed by atoms with Gasteiger partial charge in [-0.05, 0) is 48.7 Å². The number of carbonyl (C=O) groups excluding carboxylic acids is 1. The van der Waals surface area contributed by atoms with E-state index in [2.05, 4.69) is 0 Å². The molecule has 0 aliphatic heterocycles. The van der Waals surface area contributed by atoms with E-state index in [4.69, 9.17) is 27.9 Å². The monoisotopic (exact) mass is 306 g/mol. The summed E-state index contributed by atoms with van der Waals surface area (Å²) in [7, 11) is 0. The van der Waals surface area contributed by atoms with Gasteiger partial charge in [0.2, 0.25) is 0 Å². The summed E-state index contributed by atoms with van der Waals surface area (Å²) < 4.78 is 5.83. The number of Topliss-reactive ketones (excluding diaryl/α,β-unsaturated/α-hetero) is 1. The van der Waals surface area contributed by atoms with Gasteiger partial charge in [-0.25, -0.2) is 0 Å². The first-order chi connectivity index (χ1) is 9.54. The minimum Gasteiger partial charge on any atom is -0.456 e. The first-order valence-corrected chi connectivity index (χ1v) is 7.10. The zero-order valence-corrected chi connectivity index (χ0v) is 12.4. The van der Waals surface area contributed by atoms with Gasteiger partial charge in [0.05, 0.1) is 5.02 Å². The number of ether oxygens (including phenoxy) is 1. The van der Waals surface area contributed by atoms with E-state index in [1.54, 1.807) is 18.2 Å². The van der Waals surface area contributed by atoms with Gasteiger partial charge in [0.1, 0.15) is 11.5 Å². The fraction of sp³-hybridized carbons (Fsp3) is 0.188. The molecule has 0 saturated carbocycles. The van der Waals surface area contributed by atoms with Crippen LogP contribution in [0.3, 0.4) is 0 Å². The summed E-state index contributed by atoms with van der Waals surface area (Å²) in [5.41, 5.74) is 2.85. The molecule has 0 amide bonds. The molecule has 0 fully saturated rings. The standard InChI is InChI=1S/C16H12Cl2O2/c1-9-6-10-2-4-14(19)12(10)8-16(9)20-15-5-3-11(17)7-13(15)18/h3,5-8H,2,4H2,1H3. The summed E-state index contributed by atoms with van der Waals surface area (Å²) in [6.07, 6.45) is 1.40. The highest BCUT2D eigenvalue weighted by atomic mass is 35.5. The Kier molecular flexibility index (Phi) is 3.45. The second kappa shape index (κ2) is 5.12. The second-order valence-corrected chi connectivity index (χ2v) is 5.72. The maximum atomic E-state index is 11.8. The van der Waals surface area contributed by atoms with Crippen LogP contribution in [-0.2, 0) is 6.42 Å². The molecule has 20 heavy (non-hydrogen) atoms. The summed E-state index contributed by atoms with van der Waals surface area (Å²) in [6.45, 7) is 1.96. The molecular weight excluding hydrogens is 295 g/mol. The lowest BCUT2D eigenvalue weighted by molar-refractivity contribution is 0.0994. The molecule has 0 atom stereocenters. The Morgan fingerprint density at radius 3 is 2.60 bits per heavy atom. The van der Waals surface area contributed by atoms with E-state index in [0.717, 1.165) is 23.1 Å². The van der Waals surface area contributed by atoms with Crippen molar-refractivity contribution in [2.75, 3.05) is 0 Å². The summed E-state index contributed by atoms with van der Waals surface area (Å²) in [6, 6.07) is 8.90. The Labute approximate surface area is 127 Å². The second-order valence-electron chi connectivity index (χ2n) is 4.87. The van der Waals surface area contributed by atoms with E-state index in [1.807, 2.05) is 19.1 Å². The number of hydrogen-bond acceptors (Lipinski definition) is 2. The number of aryl methyl sites for hydroxylation is 2. The Morgan fingerprint density at radius 2 is 1.85 bits per heavy atom. The van der Waals surface area contributed by atoms with Crippen molar-refractivity contribution in [2.45, 2.75) is 19.8 Å².